The van der Waals surface area contributed by atoms with Crippen LogP contribution in [0, 0.1) is 13.8 Å². The van der Waals surface area contributed by atoms with Gasteiger partial charge in [0.05, 0.1) is 6.61 Å². The van der Waals surface area contributed by atoms with E-state index in [9.17, 15) is 0 Å². The summed E-state index contributed by atoms with van der Waals surface area (Å²) in [7, 11) is 1.81. The van der Waals surface area contributed by atoms with Gasteiger partial charge in [0.1, 0.15) is 5.58 Å². The molecule has 4 rings (SSSR count). The lowest BCUT2D eigenvalue weighted by Crippen LogP contribution is -2.29. The number of anilines is 3. The van der Waals surface area contributed by atoms with E-state index < -0.39 is 0 Å². The molecule has 0 aliphatic carbocycles. The third-order valence-electron chi connectivity index (χ3n) is 5.60. The van der Waals surface area contributed by atoms with Crippen LogP contribution < -0.4 is 20.7 Å². The lowest BCUT2D eigenvalue weighted by Gasteiger charge is -2.30. The second-order valence-electron chi connectivity index (χ2n) is 7.69. The van der Waals surface area contributed by atoms with E-state index in [0.717, 1.165) is 30.7 Å². The zero-order chi connectivity index (χ0) is 20.4. The van der Waals surface area contributed by atoms with Crippen LogP contribution in [0.15, 0.2) is 16.5 Å². The van der Waals surface area contributed by atoms with Crippen LogP contribution >= 0.6 is 0 Å². The maximum Gasteiger partial charge on any atom is 0.288 e. The van der Waals surface area contributed by atoms with Crippen molar-refractivity contribution in [3.05, 3.63) is 23.3 Å². The van der Waals surface area contributed by atoms with Gasteiger partial charge in [0.15, 0.2) is 0 Å². The topological polar surface area (TPSA) is 94.4 Å². The fourth-order valence-electron chi connectivity index (χ4n) is 4.12. The third-order valence-corrected chi connectivity index (χ3v) is 5.60. The van der Waals surface area contributed by atoms with Gasteiger partial charge in [-0.25, -0.2) is 4.68 Å². The molecule has 1 saturated heterocycles. The Bertz CT molecular complexity index is 987. The van der Waals surface area contributed by atoms with Crippen LogP contribution in [-0.4, -0.2) is 41.0 Å². The predicted molar refractivity (Wildman–Crippen MR) is 116 cm³/mol. The second-order valence-corrected chi connectivity index (χ2v) is 7.69. The monoisotopic (exact) mass is 398 g/mol. The molecule has 2 aromatic heterocycles. The number of ether oxygens (including phenoxy) is 1. The number of fused-ring (bicyclic) bond motifs is 1. The van der Waals surface area contributed by atoms with Gasteiger partial charge in [-0.1, -0.05) is 0 Å². The van der Waals surface area contributed by atoms with Crippen molar-refractivity contribution in [1.82, 2.24) is 14.8 Å². The number of piperidine rings is 1. The minimum absolute atomic E-state index is 0.267. The Morgan fingerprint density at radius 1 is 1.17 bits per heavy atom. The van der Waals surface area contributed by atoms with Crippen molar-refractivity contribution >= 4 is 28.6 Å². The molecule has 1 aliphatic rings. The Balaban J connectivity index is 1.39. The van der Waals surface area contributed by atoms with E-state index in [1.807, 2.05) is 0 Å². The van der Waals surface area contributed by atoms with E-state index in [0.29, 0.717) is 25.0 Å². The van der Waals surface area contributed by atoms with Crippen molar-refractivity contribution in [3.63, 3.8) is 0 Å². The number of nitrogens with one attached hydrogen (secondary N) is 1. The Morgan fingerprint density at radius 2 is 1.97 bits per heavy atom. The van der Waals surface area contributed by atoms with E-state index >= 15 is 0 Å². The first kappa shape index (κ1) is 19.4. The highest BCUT2D eigenvalue weighted by molar-refractivity contribution is 5.90. The Kier molecular flexibility index (Phi) is 5.51. The van der Waals surface area contributed by atoms with Gasteiger partial charge in [0.25, 0.3) is 5.95 Å². The van der Waals surface area contributed by atoms with Crippen molar-refractivity contribution < 1.29 is 9.15 Å². The number of furan rings is 1. The van der Waals surface area contributed by atoms with E-state index in [-0.39, 0.29) is 5.95 Å². The minimum Gasteiger partial charge on any atom is -0.465 e. The lowest BCUT2D eigenvalue weighted by atomic mass is 10.0. The quantitative estimate of drug-likeness (QED) is 0.587. The number of benzene rings is 1. The van der Waals surface area contributed by atoms with Gasteiger partial charge in [-0.2, -0.15) is 4.98 Å². The molecule has 1 aromatic carbocycles. The number of nitrogens with zero attached hydrogens (tertiary/aromatic N) is 4. The van der Waals surface area contributed by atoms with Gasteiger partial charge in [0, 0.05) is 43.3 Å². The second kappa shape index (κ2) is 8.23. The van der Waals surface area contributed by atoms with Crippen molar-refractivity contribution in [2.45, 2.75) is 39.5 Å². The summed E-state index contributed by atoms with van der Waals surface area (Å²) in [5.41, 5.74) is 10.2. The number of rotatable bonds is 7. The smallest absolute Gasteiger partial charge is 0.288 e. The van der Waals surface area contributed by atoms with Crippen LogP contribution in [0.1, 0.15) is 36.8 Å². The van der Waals surface area contributed by atoms with Crippen molar-refractivity contribution in [3.8, 4) is 5.95 Å². The summed E-state index contributed by atoms with van der Waals surface area (Å²) in [6.07, 6.45) is 4.68. The summed E-state index contributed by atoms with van der Waals surface area (Å²) >= 11 is 0. The average Bonchev–Trinajstić information content (AvgIpc) is 3.21. The Hall–Kier alpha value is -2.90. The molecule has 8 heteroatoms. The minimum atomic E-state index is 0.267. The standard InChI is InChI=1S/C21H30N6O2/c1-14-16(27-11-5-4-6-12-27)8-9-17-18(14)15(2)19(29-17)28-13-7-10-23-21-24-20(22)25-26(21)3/h8-9H,4-7,10-13H2,1-3H3,(H3,22,23,24,25). The number of hydrogen-bond acceptors (Lipinski definition) is 7. The van der Waals surface area contributed by atoms with Crippen molar-refractivity contribution in [2.24, 2.45) is 7.05 Å². The first-order chi connectivity index (χ1) is 14.0. The highest BCUT2D eigenvalue weighted by atomic mass is 16.6. The molecule has 0 unspecified atom stereocenters. The molecule has 8 nitrogen and oxygen atoms in total. The highest BCUT2D eigenvalue weighted by Gasteiger charge is 2.19. The molecule has 0 amide bonds. The number of hydrogen-bond donors (Lipinski definition) is 2. The molecular weight excluding hydrogens is 368 g/mol. The summed E-state index contributed by atoms with van der Waals surface area (Å²) in [4.78, 5) is 6.62. The van der Waals surface area contributed by atoms with E-state index in [2.05, 4.69) is 46.3 Å². The van der Waals surface area contributed by atoms with Crippen LogP contribution in [0.25, 0.3) is 11.0 Å². The van der Waals surface area contributed by atoms with E-state index in [1.54, 1.807) is 11.7 Å². The molecule has 0 spiro atoms. The van der Waals surface area contributed by atoms with Gasteiger partial charge in [-0.05, 0) is 57.2 Å². The van der Waals surface area contributed by atoms with Gasteiger partial charge in [-0.15, -0.1) is 5.10 Å². The van der Waals surface area contributed by atoms with Crippen LogP contribution in [-0.2, 0) is 7.05 Å². The zero-order valence-electron chi connectivity index (χ0n) is 17.5. The van der Waals surface area contributed by atoms with Gasteiger partial charge in [-0.3, -0.25) is 0 Å². The first-order valence-corrected chi connectivity index (χ1v) is 10.4. The molecule has 3 heterocycles. The fraction of sp³-hybridized carbons (Fsp3) is 0.524. The lowest BCUT2D eigenvalue weighted by molar-refractivity contribution is 0.246. The summed E-state index contributed by atoms with van der Waals surface area (Å²) in [5, 5.41) is 8.40. The van der Waals surface area contributed by atoms with Crippen LogP contribution in [0.5, 0.6) is 5.95 Å². The average molecular weight is 399 g/mol. The summed E-state index contributed by atoms with van der Waals surface area (Å²) in [5.74, 6) is 1.54. The van der Waals surface area contributed by atoms with Crippen LogP contribution in [0.4, 0.5) is 17.6 Å². The maximum atomic E-state index is 6.01. The number of aryl methyl sites for hydroxylation is 3. The van der Waals surface area contributed by atoms with Gasteiger partial charge < -0.3 is 25.1 Å². The fourth-order valence-corrected chi connectivity index (χ4v) is 4.12. The molecule has 1 aliphatic heterocycles. The SMILES string of the molecule is Cc1c(N2CCCCC2)ccc2oc(OCCCNc3nc(N)nn3C)c(C)c12. The molecule has 0 bridgehead atoms. The van der Waals surface area contributed by atoms with Gasteiger partial charge >= 0.3 is 0 Å². The number of nitrogens with two attached hydrogens (primary N) is 1. The van der Waals surface area contributed by atoms with Crippen molar-refractivity contribution in [1.29, 1.82) is 0 Å². The highest BCUT2D eigenvalue weighted by Crippen LogP contribution is 2.38. The number of nitrogen functional groups attached to an aromatic ring is 1. The molecule has 29 heavy (non-hydrogen) atoms. The van der Waals surface area contributed by atoms with Gasteiger partial charge in [0.2, 0.25) is 11.9 Å². The largest absolute Gasteiger partial charge is 0.465 e. The molecule has 3 aromatic rings. The molecular formula is C21H30N6O2. The molecule has 156 valence electrons. The van der Waals surface area contributed by atoms with Crippen LogP contribution in [0.2, 0.25) is 0 Å². The Labute approximate surface area is 171 Å². The Morgan fingerprint density at radius 3 is 2.69 bits per heavy atom. The maximum absolute atomic E-state index is 6.01. The van der Waals surface area contributed by atoms with Crippen molar-refractivity contribution in [2.75, 3.05) is 42.2 Å². The zero-order valence-corrected chi connectivity index (χ0v) is 17.5. The van der Waals surface area contributed by atoms with Crippen LogP contribution in [0.3, 0.4) is 0 Å². The molecule has 0 radical (unpaired) electrons. The predicted octanol–water partition coefficient (Wildman–Crippen LogP) is 3.63. The molecule has 1 fully saturated rings. The molecule has 0 atom stereocenters. The summed E-state index contributed by atoms with van der Waals surface area (Å²) < 4.78 is 13.6. The molecule has 3 N–H and O–H groups in total. The first-order valence-electron chi connectivity index (χ1n) is 10.4. The normalized spacial score (nSPS) is 14.5. The number of aromatic nitrogens is 3. The molecule has 0 saturated carbocycles. The summed E-state index contributed by atoms with van der Waals surface area (Å²) in [6.45, 7) is 7.81. The summed E-state index contributed by atoms with van der Waals surface area (Å²) in [6, 6.07) is 4.26. The third kappa shape index (κ3) is 3.97. The van der Waals surface area contributed by atoms with E-state index in [1.165, 1.54) is 35.9 Å². The van der Waals surface area contributed by atoms with E-state index in [4.69, 9.17) is 14.9 Å².